The number of nitrogens with one attached hydrogen (secondary N) is 1. The van der Waals surface area contributed by atoms with Crippen molar-refractivity contribution in [2.45, 2.75) is 18.9 Å². The highest BCUT2D eigenvalue weighted by atomic mass is 79.9. The number of hydrogen-bond acceptors (Lipinski definition) is 4. The molecule has 2 amide bonds. The van der Waals surface area contributed by atoms with E-state index in [9.17, 15) is 9.59 Å². The maximum absolute atomic E-state index is 12.4. The van der Waals surface area contributed by atoms with Gasteiger partial charge in [0.2, 0.25) is 0 Å². The summed E-state index contributed by atoms with van der Waals surface area (Å²) in [6, 6.07) is 8.64. The predicted molar refractivity (Wildman–Crippen MR) is 95.8 cm³/mol. The van der Waals surface area contributed by atoms with Gasteiger partial charge in [-0.15, -0.1) is 0 Å². The minimum atomic E-state index is -0.126. The monoisotopic (exact) mass is 406 g/mol. The van der Waals surface area contributed by atoms with Crippen molar-refractivity contribution < 1.29 is 18.7 Å². The lowest BCUT2D eigenvalue weighted by atomic mass is 10.0. The molecular weight excluding hydrogens is 388 g/mol. The summed E-state index contributed by atoms with van der Waals surface area (Å²) in [6.07, 6.45) is 2.93. The van der Waals surface area contributed by atoms with Crippen LogP contribution in [-0.4, -0.2) is 43.0 Å². The van der Waals surface area contributed by atoms with Crippen molar-refractivity contribution in [1.29, 1.82) is 0 Å². The van der Waals surface area contributed by atoms with Crippen molar-refractivity contribution in [3.05, 3.63) is 52.4 Å². The molecule has 1 saturated heterocycles. The molecule has 0 saturated carbocycles. The molecular formula is C18H19BrN2O4. The molecule has 2 heterocycles. The number of halogens is 1. The van der Waals surface area contributed by atoms with Gasteiger partial charge in [-0.25, -0.2) is 0 Å². The molecule has 1 aromatic carbocycles. The minimum absolute atomic E-state index is 0.0500. The van der Waals surface area contributed by atoms with Crippen LogP contribution in [0.15, 0.2) is 45.5 Å². The Morgan fingerprint density at radius 2 is 2.04 bits per heavy atom. The summed E-state index contributed by atoms with van der Waals surface area (Å²) in [4.78, 5) is 26.4. The van der Waals surface area contributed by atoms with Gasteiger partial charge in [-0.3, -0.25) is 9.59 Å². The zero-order valence-electron chi connectivity index (χ0n) is 13.8. The lowest BCUT2D eigenvalue weighted by molar-refractivity contribution is 0.0667. The van der Waals surface area contributed by atoms with Gasteiger partial charge in [-0.05, 0) is 59.1 Å². The van der Waals surface area contributed by atoms with E-state index in [4.69, 9.17) is 9.15 Å². The summed E-state index contributed by atoms with van der Waals surface area (Å²) < 4.78 is 11.1. The number of furan rings is 1. The summed E-state index contributed by atoms with van der Waals surface area (Å²) in [5.74, 6) is 0.805. The molecule has 3 rings (SSSR count). The number of methoxy groups -OCH3 is 1. The first kappa shape index (κ1) is 17.5. The fourth-order valence-electron chi connectivity index (χ4n) is 2.86. The zero-order chi connectivity index (χ0) is 17.8. The van der Waals surface area contributed by atoms with E-state index in [2.05, 4.69) is 21.2 Å². The maximum Gasteiger partial charge on any atom is 0.289 e. The second kappa shape index (κ2) is 7.74. The second-order valence-corrected chi connectivity index (χ2v) is 6.72. The van der Waals surface area contributed by atoms with E-state index in [1.807, 2.05) is 0 Å². The van der Waals surface area contributed by atoms with E-state index in [0.717, 1.165) is 17.3 Å². The summed E-state index contributed by atoms with van der Waals surface area (Å²) in [6.45, 7) is 1.19. The van der Waals surface area contributed by atoms with Crippen LogP contribution in [0.3, 0.4) is 0 Å². The van der Waals surface area contributed by atoms with Gasteiger partial charge in [0, 0.05) is 24.7 Å². The fraction of sp³-hybridized carbons (Fsp3) is 0.333. The molecule has 0 bridgehead atoms. The third-order valence-corrected chi connectivity index (χ3v) is 4.88. The van der Waals surface area contributed by atoms with Crippen LogP contribution in [-0.2, 0) is 0 Å². The Balaban J connectivity index is 1.54. The van der Waals surface area contributed by atoms with Crippen molar-refractivity contribution in [2.24, 2.45) is 0 Å². The zero-order valence-corrected chi connectivity index (χ0v) is 15.4. The molecule has 1 aromatic heterocycles. The summed E-state index contributed by atoms with van der Waals surface area (Å²) in [5, 5.41) is 3.03. The smallest absolute Gasteiger partial charge is 0.289 e. The van der Waals surface area contributed by atoms with Crippen LogP contribution in [0.2, 0.25) is 0 Å². The van der Waals surface area contributed by atoms with Crippen molar-refractivity contribution in [1.82, 2.24) is 10.2 Å². The Kier molecular flexibility index (Phi) is 5.43. The Morgan fingerprint density at radius 1 is 1.28 bits per heavy atom. The summed E-state index contributed by atoms with van der Waals surface area (Å²) >= 11 is 3.39. The lowest BCUT2D eigenvalue weighted by Gasteiger charge is -2.31. The largest absolute Gasteiger partial charge is 0.496 e. The highest BCUT2D eigenvalue weighted by Crippen LogP contribution is 2.25. The molecule has 1 N–H and O–H groups in total. The van der Waals surface area contributed by atoms with Gasteiger partial charge >= 0.3 is 0 Å². The van der Waals surface area contributed by atoms with Gasteiger partial charge in [-0.1, -0.05) is 0 Å². The van der Waals surface area contributed by atoms with E-state index < -0.39 is 0 Å². The van der Waals surface area contributed by atoms with Gasteiger partial charge in [0.25, 0.3) is 11.8 Å². The number of ether oxygens (including phenoxy) is 1. The summed E-state index contributed by atoms with van der Waals surface area (Å²) in [7, 11) is 1.58. The van der Waals surface area contributed by atoms with Crippen LogP contribution >= 0.6 is 15.9 Å². The van der Waals surface area contributed by atoms with Crippen LogP contribution < -0.4 is 10.1 Å². The lowest BCUT2D eigenvalue weighted by Crippen LogP contribution is -2.46. The third-order valence-electron chi connectivity index (χ3n) is 4.26. The standard InChI is InChI=1S/C18H19BrN2O4/c1-24-15-5-4-12(11-14(15)19)17(22)20-13-6-8-21(9-7-13)18(23)16-3-2-10-25-16/h2-5,10-11,13H,6-9H2,1H3,(H,20,22). The number of amides is 2. The minimum Gasteiger partial charge on any atom is -0.496 e. The third kappa shape index (κ3) is 4.04. The Hall–Kier alpha value is -2.28. The molecule has 6 nitrogen and oxygen atoms in total. The second-order valence-electron chi connectivity index (χ2n) is 5.87. The highest BCUT2D eigenvalue weighted by Gasteiger charge is 2.26. The Morgan fingerprint density at radius 3 is 2.64 bits per heavy atom. The van der Waals surface area contributed by atoms with Crippen molar-refractivity contribution in [3.8, 4) is 5.75 Å². The molecule has 0 atom stereocenters. The molecule has 2 aromatic rings. The number of nitrogens with zero attached hydrogens (tertiary/aromatic N) is 1. The predicted octanol–water partition coefficient (Wildman–Crippen LogP) is 3.09. The Labute approximate surface area is 154 Å². The van der Waals surface area contributed by atoms with Gasteiger partial charge in [0.1, 0.15) is 5.75 Å². The van der Waals surface area contributed by atoms with E-state index in [0.29, 0.717) is 30.2 Å². The van der Waals surface area contributed by atoms with Gasteiger partial charge in [-0.2, -0.15) is 0 Å². The number of piperidine rings is 1. The van der Waals surface area contributed by atoms with E-state index in [1.54, 1.807) is 42.3 Å². The average Bonchev–Trinajstić information content (AvgIpc) is 3.16. The summed E-state index contributed by atoms with van der Waals surface area (Å²) in [5.41, 5.74) is 0.571. The topological polar surface area (TPSA) is 71.8 Å². The van der Waals surface area contributed by atoms with Crippen LogP contribution in [0.25, 0.3) is 0 Å². The number of carbonyl (C=O) groups is 2. The normalized spacial score (nSPS) is 15.0. The Bertz CT molecular complexity index is 752. The van der Waals surface area contributed by atoms with Crippen LogP contribution in [0.5, 0.6) is 5.75 Å². The molecule has 1 aliphatic heterocycles. The van der Waals surface area contributed by atoms with E-state index in [-0.39, 0.29) is 17.9 Å². The number of likely N-dealkylation sites (tertiary alicyclic amines) is 1. The molecule has 25 heavy (non-hydrogen) atoms. The highest BCUT2D eigenvalue weighted by molar-refractivity contribution is 9.10. The van der Waals surface area contributed by atoms with Gasteiger partial charge in [0.15, 0.2) is 5.76 Å². The van der Waals surface area contributed by atoms with E-state index >= 15 is 0 Å². The molecule has 7 heteroatoms. The quantitative estimate of drug-likeness (QED) is 0.846. The average molecular weight is 407 g/mol. The number of carbonyl (C=O) groups excluding carboxylic acids is 2. The van der Waals surface area contributed by atoms with Crippen molar-refractivity contribution >= 4 is 27.7 Å². The first-order valence-electron chi connectivity index (χ1n) is 8.05. The number of rotatable bonds is 4. The van der Waals surface area contributed by atoms with Gasteiger partial charge < -0.3 is 19.4 Å². The van der Waals surface area contributed by atoms with Crippen molar-refractivity contribution in [3.63, 3.8) is 0 Å². The molecule has 1 fully saturated rings. The number of benzene rings is 1. The molecule has 132 valence electrons. The molecule has 0 unspecified atom stereocenters. The molecule has 0 aliphatic carbocycles. The first-order chi connectivity index (χ1) is 12.1. The molecule has 0 spiro atoms. The van der Waals surface area contributed by atoms with E-state index in [1.165, 1.54) is 6.26 Å². The van der Waals surface area contributed by atoms with Crippen LogP contribution in [0.1, 0.15) is 33.8 Å². The van der Waals surface area contributed by atoms with Gasteiger partial charge in [0.05, 0.1) is 17.8 Å². The maximum atomic E-state index is 12.4. The fourth-order valence-corrected chi connectivity index (χ4v) is 3.40. The van der Waals surface area contributed by atoms with Crippen LogP contribution in [0, 0.1) is 0 Å². The van der Waals surface area contributed by atoms with Crippen LogP contribution in [0.4, 0.5) is 0 Å². The van der Waals surface area contributed by atoms with Crippen molar-refractivity contribution in [2.75, 3.05) is 20.2 Å². The molecule has 1 aliphatic rings. The number of hydrogen-bond donors (Lipinski definition) is 1. The SMILES string of the molecule is COc1ccc(C(=O)NC2CCN(C(=O)c3ccco3)CC2)cc1Br. The molecule has 0 radical (unpaired) electrons. The first-order valence-corrected chi connectivity index (χ1v) is 8.85.